The molecule has 0 N–H and O–H groups in total. The van der Waals surface area contributed by atoms with Gasteiger partial charge in [-0.2, -0.15) is 11.4 Å². The monoisotopic (exact) mass is 818 g/mol. The van der Waals surface area contributed by atoms with Crippen LogP contribution < -0.4 is 25.6 Å². The second-order valence-electron chi connectivity index (χ2n) is 16.5. The number of hydrogen-bond acceptors (Lipinski definition) is 5. The van der Waals surface area contributed by atoms with E-state index >= 15 is 0 Å². The molecular formula is C50H58MgN4O5-4. The fraction of sp³-hybridized carbons (Fsp3) is 0.420. The molecule has 0 saturated carbocycles. The SMILES string of the molecule is C=Cc1c2[n-]c(c1C)/C=C1\[N-]C(C3=c4[n-]c(c(C)c4=C([O-])[C@@H]3C(=O)OC)/C=C3\[N-]/C(=C\2)[C@@H](C)\C3=C/C)[C@@H](CCC(=O)OC/C=C(\C)CC/C=C(\C)CC[CH-]C(=C)C)[C@@H]1C.[Mg+2]. The molecule has 2 aromatic heterocycles. The van der Waals surface area contributed by atoms with Crippen LogP contribution in [0.25, 0.3) is 46.3 Å². The smallest absolute Gasteiger partial charge is 0.874 e. The summed E-state index contributed by atoms with van der Waals surface area (Å²) in [5.41, 5.74) is 12.3. The normalized spacial score (nSPS) is 25.2. The van der Waals surface area contributed by atoms with Crippen molar-refractivity contribution in [1.29, 1.82) is 0 Å². The Labute approximate surface area is 372 Å². The van der Waals surface area contributed by atoms with E-state index in [9.17, 15) is 14.7 Å². The van der Waals surface area contributed by atoms with E-state index in [-0.39, 0.29) is 65.6 Å². The minimum Gasteiger partial charge on any atom is -0.874 e. The Balaban J connectivity index is 0.00000683. The van der Waals surface area contributed by atoms with Crippen molar-refractivity contribution in [3.05, 3.63) is 132 Å². The van der Waals surface area contributed by atoms with Crippen molar-refractivity contribution in [1.82, 2.24) is 9.97 Å². The molecule has 8 bridgehead atoms. The van der Waals surface area contributed by atoms with Crippen molar-refractivity contribution in [2.75, 3.05) is 13.7 Å². The second kappa shape index (κ2) is 19.7. The first-order valence-corrected chi connectivity index (χ1v) is 20.8. The third-order valence-corrected chi connectivity index (χ3v) is 12.4. The van der Waals surface area contributed by atoms with Crippen LogP contribution >= 0.6 is 0 Å². The molecule has 5 heterocycles. The molecule has 3 aliphatic heterocycles. The summed E-state index contributed by atoms with van der Waals surface area (Å²) in [6.07, 6.45) is 20.6. The molecule has 2 saturated heterocycles. The zero-order valence-electron chi connectivity index (χ0n) is 36.9. The van der Waals surface area contributed by atoms with Crippen LogP contribution in [0.3, 0.4) is 0 Å². The predicted molar refractivity (Wildman–Crippen MR) is 242 cm³/mol. The van der Waals surface area contributed by atoms with E-state index in [1.54, 1.807) is 0 Å². The molecule has 2 fully saturated rings. The van der Waals surface area contributed by atoms with Gasteiger partial charge in [-0.05, 0) is 94.9 Å². The van der Waals surface area contributed by atoms with E-state index < -0.39 is 17.9 Å². The van der Waals surface area contributed by atoms with E-state index in [1.807, 2.05) is 58.1 Å². The summed E-state index contributed by atoms with van der Waals surface area (Å²) in [7, 11) is 1.29. The number of aromatic nitrogens is 2. The number of nitrogens with zero attached hydrogens (tertiary/aromatic N) is 4. The fourth-order valence-electron chi connectivity index (χ4n) is 8.85. The topological polar surface area (TPSA) is 132 Å². The number of esters is 2. The number of fused-ring (bicyclic) bond motifs is 8. The van der Waals surface area contributed by atoms with Crippen LogP contribution in [0.1, 0.15) is 114 Å². The average molecular weight is 819 g/mol. The molecule has 0 amide bonds. The van der Waals surface area contributed by atoms with Gasteiger partial charge in [0.15, 0.2) is 0 Å². The van der Waals surface area contributed by atoms with Gasteiger partial charge in [0.25, 0.3) is 0 Å². The van der Waals surface area contributed by atoms with Gasteiger partial charge in [0.2, 0.25) is 0 Å². The van der Waals surface area contributed by atoms with Gasteiger partial charge in [-0.3, -0.25) is 9.59 Å². The quantitative estimate of drug-likeness (QED) is 0.0813. The Morgan fingerprint density at radius 1 is 0.950 bits per heavy atom. The zero-order valence-corrected chi connectivity index (χ0v) is 38.3. The van der Waals surface area contributed by atoms with Gasteiger partial charge >= 0.3 is 35.0 Å². The molecule has 1 aliphatic carbocycles. The Morgan fingerprint density at radius 2 is 1.65 bits per heavy atom. The van der Waals surface area contributed by atoms with Gasteiger partial charge in [0.05, 0.1) is 13.0 Å². The maximum atomic E-state index is 14.3. The molecule has 0 spiro atoms. The van der Waals surface area contributed by atoms with Crippen LogP contribution in [0.5, 0.6) is 0 Å². The first kappa shape index (κ1) is 46.3. The number of rotatable bonds is 14. The Kier molecular flexibility index (Phi) is 15.2. The predicted octanol–water partition coefficient (Wildman–Crippen LogP) is 8.17. The molecule has 6 rings (SSSR count). The van der Waals surface area contributed by atoms with Gasteiger partial charge in [-0.25, -0.2) is 18.6 Å². The van der Waals surface area contributed by atoms with Crippen molar-refractivity contribution in [2.45, 2.75) is 100.0 Å². The molecule has 60 heavy (non-hydrogen) atoms. The van der Waals surface area contributed by atoms with Crippen LogP contribution in [-0.2, 0) is 19.1 Å². The molecule has 10 heteroatoms. The van der Waals surface area contributed by atoms with E-state index in [2.05, 4.69) is 59.4 Å². The summed E-state index contributed by atoms with van der Waals surface area (Å²) in [6.45, 7) is 24.6. The van der Waals surface area contributed by atoms with Crippen molar-refractivity contribution < 1.29 is 24.2 Å². The van der Waals surface area contributed by atoms with Crippen molar-refractivity contribution in [3.8, 4) is 0 Å². The van der Waals surface area contributed by atoms with E-state index in [0.29, 0.717) is 33.8 Å². The van der Waals surface area contributed by atoms with Crippen LogP contribution in [0, 0.1) is 43.9 Å². The fourth-order valence-corrected chi connectivity index (χ4v) is 8.85. The van der Waals surface area contributed by atoms with Gasteiger partial charge in [0.1, 0.15) is 6.61 Å². The molecule has 4 aliphatic rings. The number of carbonyl (C=O) groups is 2. The standard InChI is InChI=1S/C50H59N4O5.Mg/c1-12-34-30(7)37-24-39-32(9)36(20-21-43(55)59-23-22-29(6)19-15-18-28(5)17-14-16-27(3)4)47(53-39)45-46(50(57)58-11)49(56)44-33(10)40(54-48(44)45)26-42-35(13-2)31(8)38(52-42)25-41(34)51-37;/h12-13,16,18,22,24-26,31-32,36,46-47,56H,1,3,14-15,17,19-21,23H2,2,4-11H3;/q-5;+2/p-1/b28-18+,29-22+,35-13+,38-25-,39-24-,42-26-;/t31-,32-,36-,46+,47?;/m0./s1. The Morgan fingerprint density at radius 3 is 2.33 bits per heavy atom. The van der Waals surface area contributed by atoms with Gasteiger partial charge in [-0.15, -0.1) is 33.9 Å². The summed E-state index contributed by atoms with van der Waals surface area (Å²) >= 11 is 0. The van der Waals surface area contributed by atoms with E-state index in [1.165, 1.54) is 12.7 Å². The summed E-state index contributed by atoms with van der Waals surface area (Å²) < 4.78 is 11.0. The summed E-state index contributed by atoms with van der Waals surface area (Å²) in [5, 5.41) is 25.6. The number of allylic oxidation sites excluding steroid dienone is 8. The minimum absolute atomic E-state index is 0. The number of ether oxygens (including phenoxy) is 2. The molecular weight excluding hydrogens is 761 g/mol. The Hall–Kier alpha value is -4.80. The zero-order chi connectivity index (χ0) is 42.7. The summed E-state index contributed by atoms with van der Waals surface area (Å²) in [4.78, 5) is 37.0. The largest absolute Gasteiger partial charge is 2.00 e. The molecule has 1 unspecified atom stereocenters. The van der Waals surface area contributed by atoms with Gasteiger partial charge in [0, 0.05) is 6.42 Å². The molecule has 9 nitrogen and oxygen atoms in total. The van der Waals surface area contributed by atoms with Crippen LogP contribution in [-0.4, -0.2) is 54.7 Å². The van der Waals surface area contributed by atoms with Crippen LogP contribution in [0.4, 0.5) is 0 Å². The van der Waals surface area contributed by atoms with Gasteiger partial charge < -0.3 is 35.2 Å². The van der Waals surface area contributed by atoms with Crippen LogP contribution in [0.15, 0.2) is 70.8 Å². The minimum atomic E-state index is -1.19. The Bertz CT molecular complexity index is 2360. The number of carbonyl (C=O) groups excluding carboxylic acids is 2. The first-order valence-electron chi connectivity index (χ1n) is 20.8. The first-order chi connectivity index (χ1) is 28.2. The average Bonchev–Trinajstić information content (AvgIpc) is 3.94. The maximum absolute atomic E-state index is 14.3. The van der Waals surface area contributed by atoms with E-state index in [4.69, 9.17) is 30.1 Å². The van der Waals surface area contributed by atoms with Crippen molar-refractivity contribution >= 4 is 70.6 Å². The number of methoxy groups -OCH3 is 1. The van der Waals surface area contributed by atoms with Gasteiger partial charge in [-0.1, -0.05) is 110 Å². The van der Waals surface area contributed by atoms with Crippen LogP contribution in [0.2, 0.25) is 0 Å². The molecule has 5 atom stereocenters. The molecule has 0 radical (unpaired) electrons. The molecule has 0 aromatic carbocycles. The summed E-state index contributed by atoms with van der Waals surface area (Å²) in [6, 6.07) is -0.624. The number of hydrogen-bond donors (Lipinski definition) is 0. The third-order valence-electron chi connectivity index (χ3n) is 12.4. The third kappa shape index (κ3) is 9.40. The van der Waals surface area contributed by atoms with Crippen molar-refractivity contribution in [3.63, 3.8) is 0 Å². The molecule has 314 valence electrons. The second-order valence-corrected chi connectivity index (χ2v) is 16.5. The molecule has 2 aromatic rings. The van der Waals surface area contributed by atoms with Crippen molar-refractivity contribution in [2.24, 2.45) is 23.7 Å². The van der Waals surface area contributed by atoms with E-state index in [0.717, 1.165) is 82.0 Å². The summed E-state index contributed by atoms with van der Waals surface area (Å²) in [5.74, 6) is -2.90. The maximum Gasteiger partial charge on any atom is 2.00 e.